The Morgan fingerprint density at radius 3 is 2.69 bits per heavy atom. The van der Waals surface area contributed by atoms with Crippen LogP contribution in [0.4, 0.5) is 4.39 Å². The summed E-state index contributed by atoms with van der Waals surface area (Å²) in [5.41, 5.74) is 2.29. The van der Waals surface area contributed by atoms with Gasteiger partial charge in [-0.1, -0.05) is 12.1 Å². The van der Waals surface area contributed by atoms with Gasteiger partial charge in [-0.15, -0.1) is 0 Å². The van der Waals surface area contributed by atoms with Crippen LogP contribution in [0.1, 0.15) is 62.1 Å². The zero-order valence-electron chi connectivity index (χ0n) is 20.0. The minimum atomic E-state index is -1.05. The Morgan fingerprint density at radius 2 is 1.97 bits per heavy atom. The number of halogens is 2. The number of nitrogens with zero attached hydrogens (tertiary/aromatic N) is 3. The molecular weight excluding hydrogens is 515 g/mol. The Labute approximate surface area is 211 Å². The number of aromatic nitrogens is 3. The third-order valence-electron chi connectivity index (χ3n) is 6.05. The Kier molecular flexibility index (Phi) is 7.10. The standard InChI is InChI=1S/C26H28BrFN4O3/c1-15-13-29-19(18-8-6-9-22(31-18)26(3,4)34)12-20(15)32-16(2)11-21(24(27)25(32)33)35-14-17-7-5-10-23(28)30-17/h5-11,13,19-20,29,34H,12,14H2,1-4H3/t19-,20-/m1/s1. The quantitative estimate of drug-likeness (QED) is 0.433. The van der Waals surface area contributed by atoms with Gasteiger partial charge in [0, 0.05) is 11.8 Å². The molecule has 1 aliphatic rings. The van der Waals surface area contributed by atoms with E-state index in [1.165, 1.54) is 6.07 Å². The zero-order valence-corrected chi connectivity index (χ0v) is 21.6. The molecule has 0 bridgehead atoms. The first kappa shape index (κ1) is 25.1. The van der Waals surface area contributed by atoms with Gasteiger partial charge < -0.3 is 19.7 Å². The van der Waals surface area contributed by atoms with Crippen LogP contribution < -0.4 is 15.6 Å². The van der Waals surface area contributed by atoms with Crippen LogP contribution >= 0.6 is 15.9 Å². The number of pyridine rings is 3. The average molecular weight is 543 g/mol. The van der Waals surface area contributed by atoms with Crippen LogP contribution in [0.5, 0.6) is 5.75 Å². The third kappa shape index (κ3) is 5.46. The average Bonchev–Trinajstić information content (AvgIpc) is 2.81. The van der Waals surface area contributed by atoms with Crippen molar-refractivity contribution in [3.63, 3.8) is 0 Å². The van der Waals surface area contributed by atoms with Crippen molar-refractivity contribution in [1.82, 2.24) is 19.9 Å². The molecule has 0 saturated carbocycles. The van der Waals surface area contributed by atoms with E-state index in [0.29, 0.717) is 28.0 Å². The molecule has 4 heterocycles. The van der Waals surface area contributed by atoms with E-state index in [9.17, 15) is 14.3 Å². The van der Waals surface area contributed by atoms with Gasteiger partial charge >= 0.3 is 0 Å². The van der Waals surface area contributed by atoms with Gasteiger partial charge in [-0.3, -0.25) is 9.78 Å². The molecule has 0 unspecified atom stereocenters. The number of rotatable bonds is 6. The van der Waals surface area contributed by atoms with Gasteiger partial charge in [-0.05, 0) is 86.1 Å². The molecule has 1 aliphatic heterocycles. The second-order valence-electron chi connectivity index (χ2n) is 9.25. The lowest BCUT2D eigenvalue weighted by Gasteiger charge is -2.32. The fourth-order valence-corrected chi connectivity index (χ4v) is 4.60. The van der Waals surface area contributed by atoms with Gasteiger partial charge in [0.25, 0.3) is 5.56 Å². The lowest BCUT2D eigenvalue weighted by molar-refractivity contribution is 0.0735. The summed E-state index contributed by atoms with van der Waals surface area (Å²) in [6.45, 7) is 7.28. The van der Waals surface area contributed by atoms with Crippen molar-refractivity contribution in [2.24, 2.45) is 0 Å². The summed E-state index contributed by atoms with van der Waals surface area (Å²) in [7, 11) is 0. The number of allylic oxidation sites excluding steroid dienone is 1. The van der Waals surface area contributed by atoms with E-state index in [2.05, 4.69) is 31.2 Å². The van der Waals surface area contributed by atoms with Gasteiger partial charge in [0.15, 0.2) is 0 Å². The van der Waals surface area contributed by atoms with Crippen LogP contribution in [0.3, 0.4) is 0 Å². The van der Waals surface area contributed by atoms with Crippen molar-refractivity contribution in [3.8, 4) is 5.75 Å². The molecule has 2 atom stereocenters. The molecule has 0 aliphatic carbocycles. The molecule has 9 heteroatoms. The minimum Gasteiger partial charge on any atom is -0.486 e. The first-order chi connectivity index (χ1) is 16.5. The van der Waals surface area contributed by atoms with Crippen molar-refractivity contribution >= 4 is 15.9 Å². The highest BCUT2D eigenvalue weighted by Gasteiger charge is 2.29. The molecule has 0 amide bonds. The molecule has 7 nitrogen and oxygen atoms in total. The first-order valence-electron chi connectivity index (χ1n) is 11.3. The van der Waals surface area contributed by atoms with Gasteiger partial charge in [-0.2, -0.15) is 4.39 Å². The van der Waals surface area contributed by atoms with Gasteiger partial charge in [-0.25, -0.2) is 4.98 Å². The van der Waals surface area contributed by atoms with Crippen LogP contribution in [0, 0.1) is 12.9 Å². The Balaban J connectivity index is 1.61. The topological polar surface area (TPSA) is 89.3 Å². The number of nitrogens with one attached hydrogen (secondary N) is 1. The fraction of sp³-hybridized carbons (Fsp3) is 0.346. The summed E-state index contributed by atoms with van der Waals surface area (Å²) < 4.78 is 21.2. The van der Waals surface area contributed by atoms with E-state index in [0.717, 1.165) is 17.0 Å². The predicted molar refractivity (Wildman–Crippen MR) is 134 cm³/mol. The van der Waals surface area contributed by atoms with Crippen molar-refractivity contribution in [1.29, 1.82) is 0 Å². The maximum absolute atomic E-state index is 13.4. The van der Waals surface area contributed by atoms with Crippen LogP contribution in [0.25, 0.3) is 0 Å². The van der Waals surface area contributed by atoms with Gasteiger partial charge in [0.2, 0.25) is 5.95 Å². The van der Waals surface area contributed by atoms with E-state index in [4.69, 9.17) is 4.74 Å². The number of aliphatic hydroxyl groups is 1. The highest BCUT2D eigenvalue weighted by Crippen LogP contribution is 2.35. The summed E-state index contributed by atoms with van der Waals surface area (Å²) in [4.78, 5) is 21.9. The van der Waals surface area contributed by atoms with Gasteiger partial charge in [0.1, 0.15) is 22.4 Å². The molecule has 35 heavy (non-hydrogen) atoms. The molecule has 0 radical (unpaired) electrons. The molecule has 0 saturated heterocycles. The molecule has 4 rings (SSSR count). The van der Waals surface area contributed by atoms with E-state index < -0.39 is 11.5 Å². The highest BCUT2D eigenvalue weighted by molar-refractivity contribution is 9.10. The van der Waals surface area contributed by atoms with Crippen LogP contribution in [0.15, 0.2) is 63.5 Å². The van der Waals surface area contributed by atoms with Crippen molar-refractivity contribution in [2.75, 3.05) is 0 Å². The molecule has 0 spiro atoms. The van der Waals surface area contributed by atoms with Crippen LogP contribution in [-0.2, 0) is 12.2 Å². The zero-order chi connectivity index (χ0) is 25.3. The van der Waals surface area contributed by atoms with Crippen LogP contribution in [-0.4, -0.2) is 19.6 Å². The van der Waals surface area contributed by atoms with Crippen LogP contribution in [0.2, 0.25) is 0 Å². The Hall–Kier alpha value is -3.04. The fourth-order valence-electron chi connectivity index (χ4n) is 4.18. The second kappa shape index (κ2) is 9.91. The molecule has 3 aromatic rings. The van der Waals surface area contributed by atoms with Crippen molar-refractivity contribution < 1.29 is 14.2 Å². The highest BCUT2D eigenvalue weighted by atomic mass is 79.9. The lowest BCUT2D eigenvalue weighted by Crippen LogP contribution is -2.35. The summed E-state index contributed by atoms with van der Waals surface area (Å²) in [6, 6.07) is 11.6. The van der Waals surface area contributed by atoms with E-state index in [1.807, 2.05) is 32.2 Å². The predicted octanol–water partition coefficient (Wildman–Crippen LogP) is 4.83. The summed E-state index contributed by atoms with van der Waals surface area (Å²) in [5.74, 6) is -0.205. The number of aryl methyl sites for hydroxylation is 1. The summed E-state index contributed by atoms with van der Waals surface area (Å²) >= 11 is 3.40. The summed E-state index contributed by atoms with van der Waals surface area (Å²) in [6.07, 6.45) is 2.52. The van der Waals surface area contributed by atoms with Gasteiger partial charge in [0.05, 0.1) is 29.2 Å². The Bertz CT molecular complexity index is 1330. The molecular formula is C26H28BrFN4O3. The maximum Gasteiger partial charge on any atom is 0.269 e. The monoisotopic (exact) mass is 542 g/mol. The molecule has 3 aromatic heterocycles. The largest absolute Gasteiger partial charge is 0.486 e. The third-order valence-corrected chi connectivity index (χ3v) is 6.78. The van der Waals surface area contributed by atoms with Crippen molar-refractivity contribution in [3.05, 3.63) is 97.8 Å². The number of hydrogen-bond acceptors (Lipinski definition) is 6. The molecule has 2 N–H and O–H groups in total. The second-order valence-corrected chi connectivity index (χ2v) is 10.0. The SMILES string of the molecule is CC1=CN[C@@H](c2cccc(C(C)(C)O)n2)C[C@H]1n1c(C)cc(OCc2cccc(F)n2)c(Br)c1=O. The molecule has 0 fully saturated rings. The normalized spacial score (nSPS) is 18.1. The molecule has 0 aromatic carbocycles. The molecule has 184 valence electrons. The minimum absolute atomic E-state index is 0.0385. The Morgan fingerprint density at radius 1 is 1.23 bits per heavy atom. The van der Waals surface area contributed by atoms with E-state index >= 15 is 0 Å². The smallest absolute Gasteiger partial charge is 0.269 e. The first-order valence-corrected chi connectivity index (χ1v) is 12.1. The summed E-state index contributed by atoms with van der Waals surface area (Å²) in [5, 5.41) is 13.7. The maximum atomic E-state index is 13.4. The van der Waals surface area contributed by atoms with Crippen molar-refractivity contribution in [2.45, 2.75) is 58.4 Å². The number of hydrogen-bond donors (Lipinski definition) is 2. The van der Waals surface area contributed by atoms with E-state index in [-0.39, 0.29) is 24.2 Å². The lowest BCUT2D eigenvalue weighted by atomic mass is 9.93. The number of ether oxygens (including phenoxy) is 1. The van der Waals surface area contributed by atoms with E-state index in [1.54, 1.807) is 42.7 Å².